The van der Waals surface area contributed by atoms with E-state index in [9.17, 15) is 10.0 Å². The summed E-state index contributed by atoms with van der Waals surface area (Å²) < 4.78 is 3.97. The molecule has 1 amide bonds. The minimum absolute atomic E-state index is 0.0278. The van der Waals surface area contributed by atoms with Crippen LogP contribution in [-0.4, -0.2) is 37.4 Å². The van der Waals surface area contributed by atoms with Crippen LogP contribution >= 0.6 is 0 Å². The summed E-state index contributed by atoms with van der Waals surface area (Å²) >= 11 is 0. The molecule has 0 radical (unpaired) electrons. The van der Waals surface area contributed by atoms with Gasteiger partial charge >= 0.3 is 5.91 Å². The average Bonchev–Trinajstić information content (AvgIpc) is 1.77. The van der Waals surface area contributed by atoms with E-state index in [0.717, 1.165) is 0 Å². The van der Waals surface area contributed by atoms with E-state index in [0.29, 0.717) is 6.61 Å². The van der Waals surface area contributed by atoms with Gasteiger partial charge in [-0.1, -0.05) is 0 Å². The molecule has 4 nitrogen and oxygen atoms in total. The molecule has 0 aromatic heterocycles. The summed E-state index contributed by atoms with van der Waals surface area (Å²) in [6, 6.07) is 0. The molecule has 0 aromatic carbocycles. The third kappa shape index (κ3) is 1.27. The largest absolute Gasteiger partial charge is 0.625 e. The van der Waals surface area contributed by atoms with Crippen molar-refractivity contribution in [3.63, 3.8) is 0 Å². The quantitative estimate of drug-likeness (QED) is 0.328. The van der Waals surface area contributed by atoms with E-state index in [4.69, 9.17) is 4.74 Å². The number of carbonyl (C=O) groups is 1. The van der Waals surface area contributed by atoms with Crippen molar-refractivity contribution in [2.45, 2.75) is 0 Å². The first-order valence-corrected chi connectivity index (χ1v) is 2.80. The molecule has 0 bridgehead atoms. The average molecular weight is 131 g/mol. The zero-order valence-corrected chi connectivity index (χ0v) is 5.29. The lowest BCUT2D eigenvalue weighted by atomic mass is 10.4. The van der Waals surface area contributed by atoms with Gasteiger partial charge in [-0.05, 0) is 0 Å². The fraction of sp³-hybridized carbons (Fsp3) is 0.800. The molecule has 52 valence electrons. The van der Waals surface area contributed by atoms with Crippen molar-refractivity contribution >= 4 is 5.91 Å². The lowest BCUT2D eigenvalue weighted by molar-refractivity contribution is -0.789. The SMILES string of the molecule is C[N+]1([O-])CCOCC1=O. The molecule has 1 heterocycles. The molecule has 9 heavy (non-hydrogen) atoms. The van der Waals surface area contributed by atoms with Crippen LogP contribution in [-0.2, 0) is 9.53 Å². The zero-order valence-electron chi connectivity index (χ0n) is 5.29. The molecule has 1 fully saturated rings. The number of morpholine rings is 1. The van der Waals surface area contributed by atoms with E-state index in [1.54, 1.807) is 0 Å². The standard InChI is InChI=1S/C5H9NO3/c1-6(8)2-3-9-4-5(6)7/h2-4H2,1H3. The number of nitrogens with zero attached hydrogens (tertiary/aromatic N) is 1. The van der Waals surface area contributed by atoms with Crippen LogP contribution in [0.5, 0.6) is 0 Å². The van der Waals surface area contributed by atoms with Gasteiger partial charge in [-0.2, -0.15) is 0 Å². The number of hydrogen-bond acceptors (Lipinski definition) is 3. The van der Waals surface area contributed by atoms with Crippen LogP contribution < -0.4 is 0 Å². The normalized spacial score (nSPS) is 36.9. The second-order valence-corrected chi connectivity index (χ2v) is 2.27. The fourth-order valence-corrected chi connectivity index (χ4v) is 0.659. The highest BCUT2D eigenvalue weighted by Gasteiger charge is 2.25. The van der Waals surface area contributed by atoms with Crippen molar-refractivity contribution < 1.29 is 14.2 Å². The van der Waals surface area contributed by atoms with E-state index < -0.39 is 4.65 Å². The number of quaternary nitrogens is 1. The highest BCUT2D eigenvalue weighted by molar-refractivity contribution is 5.70. The van der Waals surface area contributed by atoms with Crippen molar-refractivity contribution in [3.05, 3.63) is 5.21 Å². The Morgan fingerprint density at radius 3 is 2.78 bits per heavy atom. The van der Waals surface area contributed by atoms with Crippen molar-refractivity contribution in [1.29, 1.82) is 0 Å². The molecule has 1 aliphatic heterocycles. The third-order valence-corrected chi connectivity index (χ3v) is 1.42. The Balaban J connectivity index is 2.60. The van der Waals surface area contributed by atoms with Gasteiger partial charge < -0.3 is 9.94 Å². The smallest absolute Gasteiger partial charge is 0.339 e. The predicted octanol–water partition coefficient (Wildman–Crippen LogP) is -0.512. The maximum atomic E-state index is 11.0. The van der Waals surface area contributed by atoms with E-state index in [1.807, 2.05) is 0 Å². The number of carbonyl (C=O) groups excluding carboxylic acids is 1. The van der Waals surface area contributed by atoms with Gasteiger partial charge in [0.1, 0.15) is 6.54 Å². The van der Waals surface area contributed by atoms with Gasteiger partial charge in [-0.3, -0.25) is 4.65 Å². The second-order valence-electron chi connectivity index (χ2n) is 2.27. The van der Waals surface area contributed by atoms with Crippen molar-refractivity contribution in [3.8, 4) is 0 Å². The van der Waals surface area contributed by atoms with E-state index in [1.165, 1.54) is 7.05 Å². The molecule has 1 atom stereocenters. The van der Waals surface area contributed by atoms with Crippen molar-refractivity contribution in [2.24, 2.45) is 0 Å². The summed E-state index contributed by atoms with van der Waals surface area (Å²) in [6.45, 7) is 0.616. The molecular weight excluding hydrogens is 122 g/mol. The second kappa shape index (κ2) is 2.06. The molecule has 1 aliphatic rings. The van der Waals surface area contributed by atoms with Crippen LogP contribution in [0, 0.1) is 5.21 Å². The molecule has 1 rings (SSSR count). The molecular formula is C5H9NO3. The summed E-state index contributed by atoms with van der Waals surface area (Å²) in [7, 11) is 1.35. The Kier molecular flexibility index (Phi) is 1.52. The summed E-state index contributed by atoms with van der Waals surface area (Å²) in [4.78, 5) is 10.7. The van der Waals surface area contributed by atoms with Crippen LogP contribution in [0.15, 0.2) is 0 Å². The molecule has 0 spiro atoms. The fourth-order valence-electron chi connectivity index (χ4n) is 0.659. The number of likely N-dealkylation sites (N-methyl/N-ethyl adjacent to an activating group) is 1. The van der Waals surface area contributed by atoms with E-state index in [-0.39, 0.29) is 19.1 Å². The lowest BCUT2D eigenvalue weighted by Crippen LogP contribution is -2.51. The van der Waals surface area contributed by atoms with Gasteiger partial charge in [-0.15, -0.1) is 0 Å². The van der Waals surface area contributed by atoms with Gasteiger partial charge in [0, 0.05) is 0 Å². The predicted molar refractivity (Wildman–Crippen MR) is 30.2 cm³/mol. The molecule has 0 aliphatic carbocycles. The summed E-state index contributed by atoms with van der Waals surface area (Å²) in [5.74, 6) is -0.388. The van der Waals surface area contributed by atoms with Crippen molar-refractivity contribution in [2.75, 3.05) is 26.8 Å². The number of hydrogen-bond donors (Lipinski definition) is 0. The molecule has 0 aromatic rings. The highest BCUT2D eigenvalue weighted by Crippen LogP contribution is 2.05. The first-order valence-electron chi connectivity index (χ1n) is 2.80. The molecule has 1 saturated heterocycles. The van der Waals surface area contributed by atoms with E-state index in [2.05, 4.69) is 0 Å². The Labute approximate surface area is 53.2 Å². The maximum absolute atomic E-state index is 11.0. The maximum Gasteiger partial charge on any atom is 0.339 e. The molecule has 0 N–H and O–H groups in total. The Hall–Kier alpha value is -0.450. The minimum Gasteiger partial charge on any atom is -0.625 e. The van der Waals surface area contributed by atoms with Gasteiger partial charge in [-0.25, -0.2) is 4.79 Å². The van der Waals surface area contributed by atoms with E-state index >= 15 is 0 Å². The Morgan fingerprint density at radius 1 is 1.78 bits per heavy atom. The Morgan fingerprint density at radius 2 is 2.44 bits per heavy atom. The zero-order chi connectivity index (χ0) is 6.91. The number of amides is 1. The third-order valence-electron chi connectivity index (χ3n) is 1.42. The van der Waals surface area contributed by atoms with Crippen LogP contribution in [0.25, 0.3) is 0 Å². The summed E-state index contributed by atoms with van der Waals surface area (Å²) in [6.07, 6.45) is 0. The molecule has 0 saturated carbocycles. The van der Waals surface area contributed by atoms with Gasteiger partial charge in [0.15, 0.2) is 6.61 Å². The number of ether oxygens (including phenoxy) is 1. The van der Waals surface area contributed by atoms with Crippen LogP contribution in [0.4, 0.5) is 0 Å². The first kappa shape index (κ1) is 6.67. The Bertz CT molecular complexity index is 132. The monoisotopic (exact) mass is 131 g/mol. The topological polar surface area (TPSA) is 49.4 Å². The van der Waals surface area contributed by atoms with Crippen LogP contribution in [0.2, 0.25) is 0 Å². The summed E-state index contributed by atoms with van der Waals surface area (Å²) in [5.41, 5.74) is 0. The minimum atomic E-state index is -0.778. The molecule has 1 unspecified atom stereocenters. The lowest BCUT2D eigenvalue weighted by Gasteiger charge is -2.37. The number of hydroxylamine groups is 3. The van der Waals surface area contributed by atoms with Gasteiger partial charge in [0.05, 0.1) is 13.7 Å². The van der Waals surface area contributed by atoms with Crippen molar-refractivity contribution in [1.82, 2.24) is 0 Å². The van der Waals surface area contributed by atoms with Gasteiger partial charge in [0.25, 0.3) is 0 Å². The van der Waals surface area contributed by atoms with Crippen LogP contribution in [0.1, 0.15) is 0 Å². The summed E-state index contributed by atoms with van der Waals surface area (Å²) in [5, 5.41) is 11.0. The number of rotatable bonds is 0. The first-order chi connectivity index (χ1) is 4.13. The highest BCUT2D eigenvalue weighted by atomic mass is 16.6. The van der Waals surface area contributed by atoms with Gasteiger partial charge in [0.2, 0.25) is 0 Å². The molecule has 4 heteroatoms. The van der Waals surface area contributed by atoms with Crippen LogP contribution in [0.3, 0.4) is 0 Å².